The van der Waals surface area contributed by atoms with Crippen molar-refractivity contribution in [3.05, 3.63) is 4.88 Å². The third-order valence-corrected chi connectivity index (χ3v) is 5.57. The zero-order valence-electron chi connectivity index (χ0n) is 11.9. The van der Waals surface area contributed by atoms with Crippen molar-refractivity contribution in [2.45, 2.75) is 45.1 Å². The summed E-state index contributed by atoms with van der Waals surface area (Å²) in [6, 6.07) is 0.230. The number of nitrogens with two attached hydrogens (primary N) is 1. The molecule has 2 heterocycles. The van der Waals surface area contributed by atoms with Crippen LogP contribution in [0.4, 0.5) is 10.9 Å². The van der Waals surface area contributed by atoms with Gasteiger partial charge in [0.1, 0.15) is 10.7 Å². The second-order valence-electron chi connectivity index (χ2n) is 5.86. The van der Waals surface area contributed by atoms with Gasteiger partial charge in [0, 0.05) is 19.1 Å². The molecule has 3 N–H and O–H groups in total. The largest absolute Gasteiger partial charge is 0.382 e. The van der Waals surface area contributed by atoms with Gasteiger partial charge in [-0.05, 0) is 38.5 Å². The number of aromatic nitrogens is 1. The van der Waals surface area contributed by atoms with Gasteiger partial charge in [-0.2, -0.15) is 0 Å². The van der Waals surface area contributed by atoms with Gasteiger partial charge in [-0.25, -0.2) is 4.98 Å². The average molecular weight is 294 g/mol. The van der Waals surface area contributed by atoms with E-state index >= 15 is 0 Å². The number of nitrogens with one attached hydrogen (secondary N) is 1. The minimum atomic E-state index is -0.0650. The Hall–Kier alpha value is -1.30. The maximum atomic E-state index is 12.3. The van der Waals surface area contributed by atoms with Crippen molar-refractivity contribution in [3.63, 3.8) is 0 Å². The molecule has 5 nitrogen and oxygen atoms in total. The Kier molecular flexibility index (Phi) is 3.83. The first-order valence-corrected chi connectivity index (χ1v) is 8.29. The van der Waals surface area contributed by atoms with Crippen molar-refractivity contribution in [2.24, 2.45) is 5.92 Å². The first-order valence-electron chi connectivity index (χ1n) is 7.47. The highest BCUT2D eigenvalue weighted by Crippen LogP contribution is 2.32. The molecular formula is C14H22N4OS. The second kappa shape index (κ2) is 5.60. The molecule has 0 spiro atoms. The molecule has 1 aliphatic heterocycles. The number of hydrogen-bond acceptors (Lipinski definition) is 5. The van der Waals surface area contributed by atoms with Gasteiger partial charge in [-0.1, -0.05) is 17.8 Å². The van der Waals surface area contributed by atoms with E-state index < -0.39 is 0 Å². The highest BCUT2D eigenvalue weighted by Gasteiger charge is 2.27. The lowest BCUT2D eigenvalue weighted by atomic mass is 9.80. The molecule has 3 rings (SSSR count). The van der Waals surface area contributed by atoms with Crippen molar-refractivity contribution < 1.29 is 4.79 Å². The van der Waals surface area contributed by atoms with E-state index in [2.05, 4.69) is 22.1 Å². The van der Waals surface area contributed by atoms with Crippen molar-refractivity contribution in [3.8, 4) is 0 Å². The fourth-order valence-corrected chi connectivity index (χ4v) is 3.80. The molecule has 1 aliphatic carbocycles. The SMILES string of the molecule is CC(NC(=O)c1sc(N2CCCC2)nc1N)C1CCC1. The molecule has 2 fully saturated rings. The number of nitrogen functional groups attached to an aromatic ring is 1. The van der Waals surface area contributed by atoms with Crippen LogP contribution in [-0.4, -0.2) is 30.0 Å². The Morgan fingerprint density at radius 1 is 1.40 bits per heavy atom. The molecule has 20 heavy (non-hydrogen) atoms. The molecule has 0 radical (unpaired) electrons. The van der Waals surface area contributed by atoms with E-state index in [0.29, 0.717) is 16.6 Å². The lowest BCUT2D eigenvalue weighted by Crippen LogP contribution is -2.40. The van der Waals surface area contributed by atoms with Crippen LogP contribution in [-0.2, 0) is 0 Å². The zero-order valence-corrected chi connectivity index (χ0v) is 12.7. The summed E-state index contributed by atoms with van der Waals surface area (Å²) in [5, 5.41) is 3.97. The van der Waals surface area contributed by atoms with Gasteiger partial charge in [-0.15, -0.1) is 0 Å². The highest BCUT2D eigenvalue weighted by atomic mass is 32.1. The summed E-state index contributed by atoms with van der Waals surface area (Å²) >= 11 is 1.42. The topological polar surface area (TPSA) is 71.2 Å². The molecule has 0 bridgehead atoms. The molecule has 1 saturated heterocycles. The summed E-state index contributed by atoms with van der Waals surface area (Å²) < 4.78 is 0. The van der Waals surface area contributed by atoms with Gasteiger partial charge in [0.15, 0.2) is 5.13 Å². The van der Waals surface area contributed by atoms with Gasteiger partial charge in [0.05, 0.1) is 0 Å². The molecule has 110 valence electrons. The number of thiazole rings is 1. The minimum absolute atomic E-state index is 0.0650. The quantitative estimate of drug-likeness (QED) is 0.893. The smallest absolute Gasteiger partial charge is 0.265 e. The summed E-state index contributed by atoms with van der Waals surface area (Å²) in [6.45, 7) is 4.12. The highest BCUT2D eigenvalue weighted by molar-refractivity contribution is 7.18. The van der Waals surface area contributed by atoms with Gasteiger partial charge in [-0.3, -0.25) is 4.79 Å². The van der Waals surface area contributed by atoms with Crippen LogP contribution in [0.1, 0.15) is 48.7 Å². The van der Waals surface area contributed by atoms with Crippen molar-refractivity contribution in [1.82, 2.24) is 10.3 Å². The molecule has 1 atom stereocenters. The molecule has 1 aromatic rings. The predicted octanol–water partition coefficient (Wildman–Crippen LogP) is 2.24. The molecule has 2 aliphatic rings. The van der Waals surface area contributed by atoms with E-state index in [1.807, 2.05) is 0 Å². The molecular weight excluding hydrogens is 272 g/mol. The molecule has 6 heteroatoms. The third kappa shape index (κ3) is 2.61. The third-order valence-electron chi connectivity index (χ3n) is 4.44. The first-order chi connectivity index (χ1) is 9.65. The fourth-order valence-electron chi connectivity index (χ4n) is 2.86. The van der Waals surface area contributed by atoms with Crippen LogP contribution in [0.5, 0.6) is 0 Å². The predicted molar refractivity (Wildman–Crippen MR) is 82.2 cm³/mol. The Balaban J connectivity index is 1.67. The summed E-state index contributed by atoms with van der Waals surface area (Å²) in [5.41, 5.74) is 5.92. The summed E-state index contributed by atoms with van der Waals surface area (Å²) in [5.74, 6) is 0.936. The first kappa shape index (κ1) is 13.7. The minimum Gasteiger partial charge on any atom is -0.382 e. The van der Waals surface area contributed by atoms with E-state index in [0.717, 1.165) is 18.2 Å². The summed E-state index contributed by atoms with van der Waals surface area (Å²) in [4.78, 5) is 19.5. The Labute approximate surface area is 123 Å². The van der Waals surface area contributed by atoms with Crippen LogP contribution in [0.2, 0.25) is 0 Å². The van der Waals surface area contributed by atoms with Crippen molar-refractivity contribution in [1.29, 1.82) is 0 Å². The van der Waals surface area contributed by atoms with Gasteiger partial charge in [0.25, 0.3) is 5.91 Å². The Morgan fingerprint density at radius 2 is 2.10 bits per heavy atom. The fraction of sp³-hybridized carbons (Fsp3) is 0.714. The number of nitrogens with zero attached hydrogens (tertiary/aromatic N) is 2. The zero-order chi connectivity index (χ0) is 14.1. The van der Waals surface area contributed by atoms with Crippen LogP contribution in [0, 0.1) is 5.92 Å². The van der Waals surface area contributed by atoms with Crippen LogP contribution < -0.4 is 16.0 Å². The van der Waals surface area contributed by atoms with Crippen molar-refractivity contribution in [2.75, 3.05) is 23.7 Å². The van der Waals surface area contributed by atoms with E-state index in [1.54, 1.807) is 0 Å². The van der Waals surface area contributed by atoms with Crippen LogP contribution in [0.25, 0.3) is 0 Å². The molecule has 0 aromatic carbocycles. The average Bonchev–Trinajstić information content (AvgIpc) is 2.94. The van der Waals surface area contributed by atoms with Crippen LogP contribution in [0.3, 0.4) is 0 Å². The van der Waals surface area contributed by atoms with Gasteiger partial charge in [0.2, 0.25) is 0 Å². The molecule has 1 aromatic heterocycles. The van der Waals surface area contributed by atoms with Gasteiger partial charge < -0.3 is 16.0 Å². The Bertz CT molecular complexity index is 491. The lowest BCUT2D eigenvalue weighted by Gasteiger charge is -2.31. The number of carbonyl (C=O) groups is 1. The molecule has 1 amide bonds. The number of amides is 1. The maximum absolute atomic E-state index is 12.3. The number of anilines is 2. The Morgan fingerprint density at radius 3 is 2.70 bits per heavy atom. The van der Waals surface area contributed by atoms with Crippen LogP contribution >= 0.6 is 11.3 Å². The van der Waals surface area contributed by atoms with E-state index in [-0.39, 0.29) is 11.9 Å². The summed E-state index contributed by atoms with van der Waals surface area (Å²) in [7, 11) is 0. The number of hydrogen-bond donors (Lipinski definition) is 2. The van der Waals surface area contributed by atoms with Crippen molar-refractivity contribution >= 4 is 28.2 Å². The van der Waals surface area contributed by atoms with Crippen LogP contribution in [0.15, 0.2) is 0 Å². The monoisotopic (exact) mass is 294 g/mol. The normalized spacial score (nSPS) is 20.8. The molecule has 1 unspecified atom stereocenters. The van der Waals surface area contributed by atoms with E-state index in [9.17, 15) is 4.79 Å². The maximum Gasteiger partial charge on any atom is 0.265 e. The summed E-state index contributed by atoms with van der Waals surface area (Å²) in [6.07, 6.45) is 6.11. The lowest BCUT2D eigenvalue weighted by molar-refractivity contribution is 0.0914. The molecule has 1 saturated carbocycles. The van der Waals surface area contributed by atoms with E-state index in [4.69, 9.17) is 5.73 Å². The number of carbonyl (C=O) groups excluding carboxylic acids is 1. The second-order valence-corrected chi connectivity index (χ2v) is 6.84. The number of rotatable bonds is 4. The van der Waals surface area contributed by atoms with Gasteiger partial charge >= 0.3 is 0 Å². The standard InChI is InChI=1S/C14H22N4OS/c1-9(10-5-4-6-10)16-13(19)11-12(15)17-14(20-11)18-7-2-3-8-18/h9-10H,2-8,15H2,1H3,(H,16,19). The van der Waals surface area contributed by atoms with E-state index in [1.165, 1.54) is 43.4 Å².